The number of aliphatic hydroxyl groups is 6. The maximum Gasteiger partial charge on any atom is 0.338 e. The van der Waals surface area contributed by atoms with Crippen molar-refractivity contribution in [1.29, 1.82) is 0 Å². The Kier molecular flexibility index (Phi) is 38.5. The van der Waals surface area contributed by atoms with Crippen LogP contribution in [0.2, 0.25) is 0 Å². The van der Waals surface area contributed by atoms with Gasteiger partial charge in [0.15, 0.2) is 6.10 Å². The molecular formula is C48H72O25. The monoisotopic (exact) mass is 1050 g/mol. The van der Waals surface area contributed by atoms with Gasteiger partial charge in [0, 0.05) is 36.5 Å². The van der Waals surface area contributed by atoms with Crippen LogP contribution in [0.4, 0.5) is 0 Å². The Hall–Kier alpha value is -5.71. The molecule has 0 aromatic rings. The van der Waals surface area contributed by atoms with Gasteiger partial charge in [-0.25, -0.2) is 33.6 Å². The van der Waals surface area contributed by atoms with Crippen LogP contribution in [0.1, 0.15) is 41.5 Å². The Morgan fingerprint density at radius 2 is 0.575 bits per heavy atom. The van der Waals surface area contributed by atoms with Crippen LogP contribution >= 0.6 is 0 Å². The van der Waals surface area contributed by atoms with Gasteiger partial charge in [0.25, 0.3) is 0 Å². The molecule has 25 nitrogen and oxygen atoms in total. The molecule has 0 rings (SSSR count). The Bertz CT molecular complexity index is 1790. The number of hydrogen-bond donors (Lipinski definition) is 6. The van der Waals surface area contributed by atoms with Crippen molar-refractivity contribution in [3.05, 3.63) is 72.9 Å². The minimum absolute atomic E-state index is 0.556. The third-order valence-electron chi connectivity index (χ3n) is 8.49. The van der Waals surface area contributed by atoms with Crippen molar-refractivity contribution in [3.8, 4) is 0 Å². The largest absolute Gasteiger partial charge is 0.461 e. The molecule has 0 amide bonds. The highest BCUT2D eigenvalue weighted by molar-refractivity contribution is 5.83. The molecule has 73 heavy (non-hydrogen) atoms. The Labute approximate surface area is 423 Å². The summed E-state index contributed by atoms with van der Waals surface area (Å²) >= 11 is 0. The zero-order valence-corrected chi connectivity index (χ0v) is 41.8. The van der Waals surface area contributed by atoms with E-state index in [1.807, 2.05) is 0 Å². The lowest BCUT2D eigenvalue weighted by molar-refractivity contribution is -0.219. The van der Waals surface area contributed by atoms with E-state index < -0.39 is 189 Å². The summed E-state index contributed by atoms with van der Waals surface area (Å²) in [7, 11) is 0. The molecule has 0 fully saturated rings. The fraction of sp³-hybridized carbons (Fsp3) is 0.604. The average molecular weight is 1050 g/mol. The van der Waals surface area contributed by atoms with Gasteiger partial charge in [0.1, 0.15) is 101 Å². The number of carbonyl (C=O) groups excluding carboxylic acids is 7. The zero-order chi connectivity index (χ0) is 55.0. The molecule has 0 spiro atoms. The van der Waals surface area contributed by atoms with Gasteiger partial charge in [-0.1, -0.05) is 36.5 Å². The van der Waals surface area contributed by atoms with Crippen LogP contribution in [0, 0.1) is 0 Å². The number of rotatable bonds is 40. The summed E-state index contributed by atoms with van der Waals surface area (Å²) in [5.74, 6) is -6.40. The van der Waals surface area contributed by atoms with Gasteiger partial charge in [0.05, 0.1) is 39.6 Å². The lowest BCUT2D eigenvalue weighted by Crippen LogP contribution is -2.56. The number of allylic oxidation sites excluding steroid dienone is 6. The van der Waals surface area contributed by atoms with Crippen LogP contribution in [0.5, 0.6) is 0 Å². The van der Waals surface area contributed by atoms with E-state index in [0.29, 0.717) is 0 Å². The topological polar surface area (TPSA) is 352 Å². The molecule has 0 saturated carbocycles. The minimum Gasteiger partial charge on any atom is -0.461 e. The third kappa shape index (κ3) is 34.4. The smallest absolute Gasteiger partial charge is 0.338 e. The minimum atomic E-state index is -2.18. The summed E-state index contributed by atoms with van der Waals surface area (Å²) in [6, 6.07) is 0. The van der Waals surface area contributed by atoms with Gasteiger partial charge in [0.2, 0.25) is 0 Å². The van der Waals surface area contributed by atoms with Crippen LogP contribution in [0.15, 0.2) is 72.9 Å². The van der Waals surface area contributed by atoms with Gasteiger partial charge in [-0.15, -0.1) is 0 Å². The van der Waals surface area contributed by atoms with E-state index in [2.05, 4.69) is 0 Å². The summed E-state index contributed by atoms with van der Waals surface area (Å²) in [6.07, 6.45) is -2.78. The lowest BCUT2D eigenvalue weighted by Gasteiger charge is -2.37. The molecule has 0 heterocycles. The summed E-state index contributed by atoms with van der Waals surface area (Å²) in [5.41, 5.74) is 0. The quantitative estimate of drug-likeness (QED) is 0.0243. The van der Waals surface area contributed by atoms with Crippen LogP contribution in [0.25, 0.3) is 0 Å². The zero-order valence-electron chi connectivity index (χ0n) is 41.8. The molecule has 0 bridgehead atoms. The van der Waals surface area contributed by atoms with Crippen molar-refractivity contribution < 1.29 is 121 Å². The van der Waals surface area contributed by atoms with Crippen molar-refractivity contribution in [2.24, 2.45) is 0 Å². The van der Waals surface area contributed by atoms with Crippen LogP contribution in [0.3, 0.4) is 0 Å². The van der Waals surface area contributed by atoms with E-state index in [1.165, 1.54) is 64.2 Å². The summed E-state index contributed by atoms with van der Waals surface area (Å²) in [4.78, 5) is 86.5. The molecule has 0 aliphatic carbocycles. The highest BCUT2D eigenvalue weighted by Gasteiger charge is 2.44. The molecule has 0 aromatic carbocycles. The highest BCUT2D eigenvalue weighted by atomic mass is 16.6. The second-order valence-corrected chi connectivity index (χ2v) is 15.1. The Balaban J connectivity index is 7.75. The fourth-order valence-corrected chi connectivity index (χ4v) is 5.24. The number of carbonyl (C=O) groups is 7. The van der Waals surface area contributed by atoms with Gasteiger partial charge < -0.3 is 87.5 Å². The van der Waals surface area contributed by atoms with E-state index in [9.17, 15) is 64.2 Å². The van der Waals surface area contributed by atoms with Crippen molar-refractivity contribution in [2.45, 2.75) is 103 Å². The van der Waals surface area contributed by atoms with E-state index >= 15 is 0 Å². The molecule has 414 valence electrons. The fourth-order valence-electron chi connectivity index (χ4n) is 5.24. The summed E-state index contributed by atoms with van der Waals surface area (Å²) < 4.78 is 65.3. The predicted octanol–water partition coefficient (Wildman–Crippen LogP) is -1.03. The molecule has 6 unspecified atom stereocenters. The third-order valence-corrected chi connectivity index (χ3v) is 8.49. The summed E-state index contributed by atoms with van der Waals surface area (Å²) in [5, 5.41) is 65.0. The molecule has 10 atom stereocenters. The van der Waals surface area contributed by atoms with E-state index in [-0.39, 0.29) is 0 Å². The van der Waals surface area contributed by atoms with Crippen LogP contribution < -0.4 is 0 Å². The first-order valence-electron chi connectivity index (χ1n) is 22.9. The van der Waals surface area contributed by atoms with Gasteiger partial charge in [-0.2, -0.15) is 0 Å². The highest BCUT2D eigenvalue weighted by Crippen LogP contribution is 2.22. The van der Waals surface area contributed by atoms with E-state index in [4.69, 9.17) is 56.8 Å². The van der Waals surface area contributed by atoms with Gasteiger partial charge in [-0.3, -0.25) is 0 Å². The first-order chi connectivity index (χ1) is 34.8. The number of ether oxygens (including phenoxy) is 12. The molecular weight excluding hydrogens is 977 g/mol. The standard InChI is InChI=1S/C48H72O25/c1-7-13-39(55)64-21-32(49)19-62-31-38(63-20-33(50)22-65-40(56)14-8-2)45(70-27-34(51)23-66-41(57)15-9-3)46(71-28-35(52)24-67-42(58)16-10-4)47(72-29-36(53)25-68-43(59)17-11-5)48(61)73-30-37(54)26-69-44(60)18-12-6/h7-18,32-38,45-47,49-54H,19-31H2,1-6H3/t32?,33?,34?,35?,36?,37?,38-,45-,46+,47-/m1/s1. The van der Waals surface area contributed by atoms with Crippen LogP contribution in [-0.2, 0) is 90.4 Å². The van der Waals surface area contributed by atoms with Crippen molar-refractivity contribution >= 4 is 41.8 Å². The second kappa shape index (κ2) is 41.7. The normalized spacial score (nSPS) is 16.2. The van der Waals surface area contributed by atoms with Gasteiger partial charge >= 0.3 is 41.8 Å². The number of esters is 7. The molecule has 6 N–H and O–H groups in total. The molecule has 0 aromatic heterocycles. The second-order valence-electron chi connectivity index (χ2n) is 15.1. The van der Waals surface area contributed by atoms with Crippen molar-refractivity contribution in [2.75, 3.05) is 85.9 Å². The molecule has 0 aliphatic heterocycles. The first kappa shape index (κ1) is 67.3. The molecule has 0 saturated heterocycles. The maximum atomic E-state index is 14.3. The number of aliphatic hydroxyl groups excluding tert-OH is 6. The lowest BCUT2D eigenvalue weighted by atomic mass is 10.0. The molecule has 0 aliphatic rings. The SMILES string of the molecule is CC=CC(=O)OCC(O)COC[C@@H](OCC(O)COC(=O)C=CC)[C@@H](OCC(O)COC(=O)C=CC)[C@H](OCC(O)COC(=O)C=CC)[C@@H](OCC(O)COC(=O)C=CC)C(=O)OCC(O)COC(=O)C=CC. The average Bonchev–Trinajstić information content (AvgIpc) is 3.35. The van der Waals surface area contributed by atoms with Crippen LogP contribution in [-0.4, -0.2) is 219 Å². The summed E-state index contributed by atoms with van der Waals surface area (Å²) in [6.45, 7) is -0.0462. The van der Waals surface area contributed by atoms with Gasteiger partial charge in [-0.05, 0) is 41.5 Å². The Morgan fingerprint density at radius 1 is 0.315 bits per heavy atom. The van der Waals surface area contributed by atoms with Crippen molar-refractivity contribution in [3.63, 3.8) is 0 Å². The maximum absolute atomic E-state index is 14.3. The Morgan fingerprint density at radius 3 is 0.904 bits per heavy atom. The first-order valence-corrected chi connectivity index (χ1v) is 22.9. The van der Waals surface area contributed by atoms with E-state index in [0.717, 1.165) is 36.5 Å². The van der Waals surface area contributed by atoms with E-state index in [1.54, 1.807) is 13.8 Å². The molecule has 25 heteroatoms. The molecule has 0 radical (unpaired) electrons. The predicted molar refractivity (Wildman–Crippen MR) is 251 cm³/mol. The number of hydrogen-bond acceptors (Lipinski definition) is 25. The van der Waals surface area contributed by atoms with Crippen molar-refractivity contribution in [1.82, 2.24) is 0 Å².